The second-order valence-electron chi connectivity index (χ2n) is 5.24. The van der Waals surface area contributed by atoms with Crippen LogP contribution in [0.3, 0.4) is 0 Å². The summed E-state index contributed by atoms with van der Waals surface area (Å²) >= 11 is 0. The summed E-state index contributed by atoms with van der Waals surface area (Å²) in [4.78, 5) is 28.1. The molecule has 2 N–H and O–H groups in total. The zero-order valence-electron chi connectivity index (χ0n) is 12.5. The van der Waals surface area contributed by atoms with E-state index in [1.54, 1.807) is 29.8 Å². The summed E-state index contributed by atoms with van der Waals surface area (Å²) in [5.41, 5.74) is 1.52. The van der Waals surface area contributed by atoms with E-state index in [9.17, 15) is 14.9 Å². The van der Waals surface area contributed by atoms with Crippen molar-refractivity contribution in [2.45, 2.75) is 12.5 Å². The van der Waals surface area contributed by atoms with Crippen LogP contribution in [0.1, 0.15) is 28.5 Å². The number of nitrogens with one attached hydrogen (secondary N) is 2. The van der Waals surface area contributed by atoms with E-state index in [1.165, 1.54) is 6.20 Å². The molecule has 1 aromatic carbocycles. The van der Waals surface area contributed by atoms with Crippen LogP contribution in [-0.2, 0) is 4.79 Å². The van der Waals surface area contributed by atoms with Crippen molar-refractivity contribution in [3.05, 3.63) is 41.7 Å². The van der Waals surface area contributed by atoms with E-state index >= 15 is 0 Å². The molecule has 1 aliphatic rings. The lowest BCUT2D eigenvalue weighted by molar-refractivity contribution is -0.121. The van der Waals surface area contributed by atoms with Crippen LogP contribution in [-0.4, -0.2) is 35.0 Å². The SMILES string of the molecule is CNC(=O)CC1CNC(=O)c2cnc(-c3ccccc3C#N)n21. The summed E-state index contributed by atoms with van der Waals surface area (Å²) in [6.07, 6.45) is 1.71. The minimum Gasteiger partial charge on any atom is -0.359 e. The first-order chi connectivity index (χ1) is 11.2. The van der Waals surface area contributed by atoms with Crippen LogP contribution in [0.15, 0.2) is 30.5 Å². The predicted octanol–water partition coefficient (Wildman–Crippen LogP) is 0.842. The fraction of sp³-hybridized carbons (Fsp3) is 0.250. The third-order valence-electron chi connectivity index (χ3n) is 3.88. The Morgan fingerprint density at radius 3 is 3.04 bits per heavy atom. The molecule has 1 atom stereocenters. The summed E-state index contributed by atoms with van der Waals surface area (Å²) in [7, 11) is 1.57. The number of rotatable bonds is 3. The van der Waals surface area contributed by atoms with E-state index in [0.29, 0.717) is 29.2 Å². The van der Waals surface area contributed by atoms with Crippen molar-refractivity contribution in [2.75, 3.05) is 13.6 Å². The van der Waals surface area contributed by atoms with Crippen molar-refractivity contribution < 1.29 is 9.59 Å². The maximum atomic E-state index is 12.0. The number of carbonyl (C=O) groups is 2. The molecule has 1 unspecified atom stereocenters. The Bertz CT molecular complexity index is 818. The lowest BCUT2D eigenvalue weighted by Crippen LogP contribution is -2.40. The van der Waals surface area contributed by atoms with Gasteiger partial charge in [0, 0.05) is 25.6 Å². The van der Waals surface area contributed by atoms with Gasteiger partial charge >= 0.3 is 0 Å². The topological polar surface area (TPSA) is 99.8 Å². The molecule has 0 saturated heterocycles. The summed E-state index contributed by atoms with van der Waals surface area (Å²) in [5, 5.41) is 14.6. The number of carbonyl (C=O) groups excluding carboxylic acids is 2. The maximum Gasteiger partial charge on any atom is 0.269 e. The first kappa shape index (κ1) is 14.8. The number of amides is 2. The van der Waals surface area contributed by atoms with Crippen molar-refractivity contribution in [2.24, 2.45) is 0 Å². The molecule has 7 heteroatoms. The second-order valence-corrected chi connectivity index (χ2v) is 5.24. The molecule has 1 aliphatic heterocycles. The van der Waals surface area contributed by atoms with Gasteiger partial charge in [0.2, 0.25) is 5.91 Å². The number of hydrogen-bond donors (Lipinski definition) is 2. The van der Waals surface area contributed by atoms with E-state index in [-0.39, 0.29) is 24.3 Å². The zero-order valence-corrected chi connectivity index (χ0v) is 12.5. The fourth-order valence-electron chi connectivity index (χ4n) is 2.75. The number of nitrogens with zero attached hydrogens (tertiary/aromatic N) is 3. The molecule has 0 fully saturated rings. The number of aromatic nitrogens is 2. The average Bonchev–Trinajstić information content (AvgIpc) is 3.03. The van der Waals surface area contributed by atoms with Crippen LogP contribution in [0.4, 0.5) is 0 Å². The lowest BCUT2D eigenvalue weighted by Gasteiger charge is -2.27. The molecule has 0 aliphatic carbocycles. The van der Waals surface area contributed by atoms with Gasteiger partial charge in [0.15, 0.2) is 0 Å². The van der Waals surface area contributed by atoms with Crippen LogP contribution < -0.4 is 10.6 Å². The largest absolute Gasteiger partial charge is 0.359 e. The first-order valence-corrected chi connectivity index (χ1v) is 7.21. The number of nitriles is 1. The van der Waals surface area contributed by atoms with Gasteiger partial charge in [-0.05, 0) is 12.1 Å². The molecule has 23 heavy (non-hydrogen) atoms. The molecule has 0 bridgehead atoms. The van der Waals surface area contributed by atoms with Crippen molar-refractivity contribution in [1.29, 1.82) is 5.26 Å². The minimum atomic E-state index is -0.244. The summed E-state index contributed by atoms with van der Waals surface area (Å²) in [6.45, 7) is 0.345. The maximum absolute atomic E-state index is 12.0. The fourth-order valence-corrected chi connectivity index (χ4v) is 2.75. The summed E-state index contributed by atoms with van der Waals surface area (Å²) in [6, 6.07) is 8.97. The van der Waals surface area contributed by atoms with Gasteiger partial charge in [0.1, 0.15) is 11.5 Å². The standard InChI is InChI=1S/C16H15N5O2/c1-18-14(22)6-11-8-20-16(23)13-9-19-15(21(11)13)12-5-3-2-4-10(12)7-17/h2-5,9,11H,6,8H2,1H3,(H,18,22)(H,20,23). The highest BCUT2D eigenvalue weighted by Gasteiger charge is 2.30. The van der Waals surface area contributed by atoms with E-state index in [1.807, 2.05) is 6.07 Å². The van der Waals surface area contributed by atoms with E-state index in [2.05, 4.69) is 21.7 Å². The van der Waals surface area contributed by atoms with Gasteiger partial charge in [-0.25, -0.2) is 4.98 Å². The average molecular weight is 309 g/mol. The van der Waals surface area contributed by atoms with Gasteiger partial charge in [0.05, 0.1) is 23.9 Å². The van der Waals surface area contributed by atoms with Gasteiger partial charge < -0.3 is 15.2 Å². The number of fused-ring (bicyclic) bond motifs is 1. The molecular formula is C16H15N5O2. The quantitative estimate of drug-likeness (QED) is 0.877. The number of hydrogen-bond acceptors (Lipinski definition) is 4. The third-order valence-corrected chi connectivity index (χ3v) is 3.88. The van der Waals surface area contributed by atoms with Crippen LogP contribution in [0.25, 0.3) is 11.4 Å². The first-order valence-electron chi connectivity index (χ1n) is 7.21. The Balaban J connectivity index is 2.13. The van der Waals surface area contributed by atoms with E-state index < -0.39 is 0 Å². The second kappa shape index (κ2) is 5.93. The number of imidazole rings is 1. The molecular weight excluding hydrogens is 294 g/mol. The molecule has 1 aromatic heterocycles. The molecule has 2 amide bonds. The number of benzene rings is 1. The highest BCUT2D eigenvalue weighted by atomic mass is 16.2. The minimum absolute atomic E-state index is 0.120. The Labute approximate surface area is 132 Å². The molecule has 0 radical (unpaired) electrons. The highest BCUT2D eigenvalue weighted by molar-refractivity contribution is 5.94. The van der Waals surface area contributed by atoms with Gasteiger partial charge in [-0.3, -0.25) is 9.59 Å². The van der Waals surface area contributed by atoms with Crippen molar-refractivity contribution >= 4 is 11.8 Å². The molecule has 2 aromatic rings. The highest BCUT2D eigenvalue weighted by Crippen LogP contribution is 2.29. The predicted molar refractivity (Wildman–Crippen MR) is 82.4 cm³/mol. The van der Waals surface area contributed by atoms with Crippen LogP contribution >= 0.6 is 0 Å². The Kier molecular flexibility index (Phi) is 3.81. The lowest BCUT2D eigenvalue weighted by atomic mass is 10.1. The summed E-state index contributed by atoms with van der Waals surface area (Å²) in [5.74, 6) is 0.178. The van der Waals surface area contributed by atoms with Crippen LogP contribution in [0.5, 0.6) is 0 Å². The summed E-state index contributed by atoms with van der Waals surface area (Å²) < 4.78 is 1.75. The molecule has 116 valence electrons. The van der Waals surface area contributed by atoms with Gasteiger partial charge in [0.25, 0.3) is 5.91 Å². The molecule has 7 nitrogen and oxygen atoms in total. The molecule has 3 rings (SSSR count). The smallest absolute Gasteiger partial charge is 0.269 e. The molecule has 0 saturated carbocycles. The van der Waals surface area contributed by atoms with Crippen molar-refractivity contribution in [3.8, 4) is 17.5 Å². The third kappa shape index (κ3) is 2.55. The van der Waals surface area contributed by atoms with E-state index in [0.717, 1.165) is 0 Å². The monoisotopic (exact) mass is 309 g/mol. The van der Waals surface area contributed by atoms with Gasteiger partial charge in [-0.2, -0.15) is 5.26 Å². The van der Waals surface area contributed by atoms with Gasteiger partial charge in [-0.15, -0.1) is 0 Å². The van der Waals surface area contributed by atoms with E-state index in [4.69, 9.17) is 0 Å². The Morgan fingerprint density at radius 1 is 1.52 bits per heavy atom. The normalized spacial score (nSPS) is 16.2. The van der Waals surface area contributed by atoms with Crippen LogP contribution in [0.2, 0.25) is 0 Å². The Hall–Kier alpha value is -3.14. The zero-order chi connectivity index (χ0) is 16.4. The van der Waals surface area contributed by atoms with Gasteiger partial charge in [-0.1, -0.05) is 12.1 Å². The molecule has 0 spiro atoms. The van der Waals surface area contributed by atoms with Crippen molar-refractivity contribution in [1.82, 2.24) is 20.2 Å². The van der Waals surface area contributed by atoms with Crippen molar-refractivity contribution in [3.63, 3.8) is 0 Å². The Morgan fingerprint density at radius 2 is 2.30 bits per heavy atom. The molecule has 2 heterocycles. The van der Waals surface area contributed by atoms with Crippen LogP contribution in [0, 0.1) is 11.3 Å².